The van der Waals surface area contributed by atoms with Gasteiger partial charge in [0.25, 0.3) is 0 Å². The SMILES string of the molecule is CCCCOc1ccc(NC(=O)C(=O)N/N=C\c2ccc(OCC(=O)O)cc2)cc1. The molecule has 2 aromatic rings. The standard InChI is InChI=1S/C21H23N3O6/c1-2-3-12-29-17-10-6-16(7-11-17)23-20(27)21(28)24-22-13-15-4-8-18(9-5-15)30-14-19(25)26/h4-11,13H,2-3,12,14H2,1H3,(H,23,27)(H,24,28)(H,25,26)/b22-13-. The number of unbranched alkanes of at least 4 members (excludes halogenated alkanes) is 1. The van der Waals surface area contributed by atoms with E-state index in [2.05, 4.69) is 22.8 Å². The average Bonchev–Trinajstić information content (AvgIpc) is 2.74. The minimum Gasteiger partial charge on any atom is -0.494 e. The number of carbonyl (C=O) groups is 3. The molecule has 0 fully saturated rings. The second-order valence-corrected chi connectivity index (χ2v) is 6.13. The van der Waals surface area contributed by atoms with Crippen molar-refractivity contribution in [3.05, 3.63) is 54.1 Å². The predicted molar refractivity (Wildman–Crippen MR) is 111 cm³/mol. The van der Waals surface area contributed by atoms with Crippen molar-refractivity contribution in [1.82, 2.24) is 5.43 Å². The van der Waals surface area contributed by atoms with Gasteiger partial charge in [0.1, 0.15) is 11.5 Å². The van der Waals surface area contributed by atoms with Crippen molar-refractivity contribution in [3.8, 4) is 11.5 Å². The van der Waals surface area contributed by atoms with Crippen molar-refractivity contribution in [1.29, 1.82) is 0 Å². The second-order valence-electron chi connectivity index (χ2n) is 6.13. The van der Waals surface area contributed by atoms with Gasteiger partial charge in [-0.2, -0.15) is 5.10 Å². The Labute approximate surface area is 173 Å². The van der Waals surface area contributed by atoms with Crippen LogP contribution in [-0.2, 0) is 14.4 Å². The number of amides is 2. The number of hydrogen-bond donors (Lipinski definition) is 3. The summed E-state index contributed by atoms with van der Waals surface area (Å²) in [6, 6.07) is 13.1. The van der Waals surface area contributed by atoms with Crippen LogP contribution in [0.1, 0.15) is 25.3 Å². The molecule has 30 heavy (non-hydrogen) atoms. The summed E-state index contributed by atoms with van der Waals surface area (Å²) in [6.07, 6.45) is 3.34. The van der Waals surface area contributed by atoms with Crippen molar-refractivity contribution < 1.29 is 29.0 Å². The third-order valence-corrected chi connectivity index (χ3v) is 3.71. The van der Waals surface area contributed by atoms with E-state index in [-0.39, 0.29) is 0 Å². The first-order valence-electron chi connectivity index (χ1n) is 9.30. The van der Waals surface area contributed by atoms with Gasteiger partial charge in [0, 0.05) is 5.69 Å². The first kappa shape index (κ1) is 22.4. The van der Waals surface area contributed by atoms with Crippen LogP contribution < -0.4 is 20.2 Å². The van der Waals surface area contributed by atoms with Gasteiger partial charge in [0.15, 0.2) is 6.61 Å². The lowest BCUT2D eigenvalue weighted by atomic mass is 10.2. The van der Waals surface area contributed by atoms with Gasteiger partial charge in [0.2, 0.25) is 0 Å². The molecule has 0 aliphatic carbocycles. The fourth-order valence-corrected chi connectivity index (χ4v) is 2.17. The quantitative estimate of drug-likeness (QED) is 0.238. The predicted octanol–water partition coefficient (Wildman–Crippen LogP) is 2.42. The summed E-state index contributed by atoms with van der Waals surface area (Å²) in [5.74, 6) is -1.77. The highest BCUT2D eigenvalue weighted by atomic mass is 16.5. The monoisotopic (exact) mass is 413 g/mol. The minimum absolute atomic E-state index is 0.389. The van der Waals surface area contributed by atoms with E-state index in [1.54, 1.807) is 48.5 Å². The van der Waals surface area contributed by atoms with Crippen LogP contribution in [0.15, 0.2) is 53.6 Å². The Hall–Kier alpha value is -3.88. The maximum absolute atomic E-state index is 11.9. The number of rotatable bonds is 10. The van der Waals surface area contributed by atoms with E-state index in [0.717, 1.165) is 12.8 Å². The molecular formula is C21H23N3O6. The van der Waals surface area contributed by atoms with E-state index in [0.29, 0.717) is 29.4 Å². The zero-order valence-electron chi connectivity index (χ0n) is 16.5. The zero-order valence-corrected chi connectivity index (χ0v) is 16.5. The third-order valence-electron chi connectivity index (χ3n) is 3.71. The topological polar surface area (TPSA) is 126 Å². The minimum atomic E-state index is -1.07. The van der Waals surface area contributed by atoms with Crippen LogP contribution in [0.4, 0.5) is 5.69 Å². The first-order valence-corrected chi connectivity index (χ1v) is 9.30. The number of benzene rings is 2. The lowest BCUT2D eigenvalue weighted by Gasteiger charge is -2.07. The van der Waals surface area contributed by atoms with Gasteiger partial charge >= 0.3 is 17.8 Å². The summed E-state index contributed by atoms with van der Waals surface area (Å²) >= 11 is 0. The third kappa shape index (κ3) is 8.01. The van der Waals surface area contributed by atoms with E-state index < -0.39 is 24.4 Å². The van der Waals surface area contributed by atoms with Gasteiger partial charge in [-0.15, -0.1) is 0 Å². The van der Waals surface area contributed by atoms with E-state index in [1.807, 2.05) is 0 Å². The zero-order chi connectivity index (χ0) is 21.8. The number of aliphatic carboxylic acids is 1. The highest BCUT2D eigenvalue weighted by Gasteiger charge is 2.12. The van der Waals surface area contributed by atoms with Crippen molar-refractivity contribution in [2.24, 2.45) is 5.10 Å². The van der Waals surface area contributed by atoms with E-state index in [1.165, 1.54) is 6.21 Å². The molecule has 158 valence electrons. The number of carbonyl (C=O) groups excluding carboxylic acids is 2. The van der Waals surface area contributed by atoms with Gasteiger partial charge in [-0.3, -0.25) is 9.59 Å². The van der Waals surface area contributed by atoms with Crippen LogP contribution in [0.3, 0.4) is 0 Å². The first-order chi connectivity index (χ1) is 14.5. The summed E-state index contributed by atoms with van der Waals surface area (Å²) < 4.78 is 10.5. The molecule has 2 amide bonds. The Morgan fingerprint density at radius 3 is 2.23 bits per heavy atom. The van der Waals surface area contributed by atoms with Crippen LogP contribution in [0, 0.1) is 0 Å². The van der Waals surface area contributed by atoms with Gasteiger partial charge < -0.3 is 19.9 Å². The van der Waals surface area contributed by atoms with Crippen molar-refractivity contribution >= 4 is 29.7 Å². The lowest BCUT2D eigenvalue weighted by Crippen LogP contribution is -2.32. The Kier molecular flexibility index (Phi) is 8.85. The molecule has 0 atom stereocenters. The number of hydrazone groups is 1. The molecule has 0 unspecified atom stereocenters. The summed E-state index contributed by atoms with van der Waals surface area (Å²) in [5.41, 5.74) is 3.22. The van der Waals surface area contributed by atoms with E-state index >= 15 is 0 Å². The van der Waals surface area contributed by atoms with Crippen molar-refractivity contribution in [3.63, 3.8) is 0 Å². The van der Waals surface area contributed by atoms with Gasteiger partial charge in [0.05, 0.1) is 12.8 Å². The Balaban J connectivity index is 1.78. The number of ether oxygens (including phenoxy) is 2. The summed E-state index contributed by atoms with van der Waals surface area (Å²) in [6.45, 7) is 2.26. The Morgan fingerprint density at radius 1 is 0.967 bits per heavy atom. The van der Waals surface area contributed by atoms with E-state index in [4.69, 9.17) is 14.6 Å². The molecule has 0 saturated heterocycles. The molecule has 9 nitrogen and oxygen atoms in total. The maximum atomic E-state index is 11.9. The van der Waals surface area contributed by atoms with Gasteiger partial charge in [-0.05, 0) is 60.5 Å². The van der Waals surface area contributed by atoms with Crippen LogP contribution in [-0.4, -0.2) is 42.3 Å². The molecule has 0 saturated carbocycles. The number of nitrogens with zero attached hydrogens (tertiary/aromatic N) is 1. The number of hydrogen-bond acceptors (Lipinski definition) is 6. The smallest absolute Gasteiger partial charge is 0.341 e. The lowest BCUT2D eigenvalue weighted by molar-refractivity contribution is -0.139. The molecule has 0 aliphatic heterocycles. The number of carboxylic acid groups (broad SMARTS) is 1. The van der Waals surface area contributed by atoms with Gasteiger partial charge in [-0.1, -0.05) is 13.3 Å². The molecule has 0 aromatic heterocycles. The Morgan fingerprint density at radius 2 is 1.60 bits per heavy atom. The number of anilines is 1. The fraction of sp³-hybridized carbons (Fsp3) is 0.238. The summed E-state index contributed by atoms with van der Waals surface area (Å²) in [7, 11) is 0. The molecular weight excluding hydrogens is 390 g/mol. The summed E-state index contributed by atoms with van der Waals surface area (Å²) in [4.78, 5) is 34.2. The number of nitrogens with one attached hydrogen (secondary N) is 2. The average molecular weight is 413 g/mol. The van der Waals surface area contributed by atoms with Crippen LogP contribution in [0.25, 0.3) is 0 Å². The summed E-state index contributed by atoms with van der Waals surface area (Å²) in [5, 5.41) is 14.8. The van der Waals surface area contributed by atoms with Gasteiger partial charge in [-0.25, -0.2) is 10.2 Å². The van der Waals surface area contributed by atoms with Crippen LogP contribution in [0.2, 0.25) is 0 Å². The highest BCUT2D eigenvalue weighted by molar-refractivity contribution is 6.39. The molecule has 9 heteroatoms. The normalized spacial score (nSPS) is 10.4. The highest BCUT2D eigenvalue weighted by Crippen LogP contribution is 2.16. The molecule has 0 heterocycles. The maximum Gasteiger partial charge on any atom is 0.341 e. The van der Waals surface area contributed by atoms with Crippen LogP contribution >= 0.6 is 0 Å². The fourth-order valence-electron chi connectivity index (χ4n) is 2.17. The Bertz CT molecular complexity index is 879. The molecule has 0 aliphatic rings. The molecule has 0 radical (unpaired) electrons. The van der Waals surface area contributed by atoms with Crippen molar-refractivity contribution in [2.45, 2.75) is 19.8 Å². The second kappa shape index (κ2) is 11.8. The van der Waals surface area contributed by atoms with Crippen LogP contribution in [0.5, 0.6) is 11.5 Å². The molecule has 2 rings (SSSR count). The van der Waals surface area contributed by atoms with Crippen molar-refractivity contribution in [2.75, 3.05) is 18.5 Å². The molecule has 2 aromatic carbocycles. The molecule has 3 N–H and O–H groups in total. The number of carboxylic acids is 1. The molecule has 0 spiro atoms. The largest absolute Gasteiger partial charge is 0.494 e. The van der Waals surface area contributed by atoms with E-state index in [9.17, 15) is 14.4 Å². The molecule has 0 bridgehead atoms.